The molecule has 2 aromatic rings. The van der Waals surface area contributed by atoms with Gasteiger partial charge in [-0.15, -0.1) is 22.7 Å². The normalized spacial score (nSPS) is 22.6. The van der Waals surface area contributed by atoms with Gasteiger partial charge in [0.15, 0.2) is 0 Å². The van der Waals surface area contributed by atoms with Crippen LogP contribution in [0.3, 0.4) is 0 Å². The molecule has 0 spiro atoms. The van der Waals surface area contributed by atoms with E-state index in [1.807, 2.05) is 22.7 Å². The minimum atomic E-state index is 0.288. The first-order valence-corrected chi connectivity index (χ1v) is 7.99. The Balaban J connectivity index is 1.73. The Morgan fingerprint density at radius 2 is 2.28 bits per heavy atom. The second-order valence-electron chi connectivity index (χ2n) is 4.66. The van der Waals surface area contributed by atoms with Crippen molar-refractivity contribution in [1.82, 2.24) is 10.3 Å². The summed E-state index contributed by atoms with van der Waals surface area (Å²) in [6.07, 6.45) is 2.32. The van der Waals surface area contributed by atoms with Crippen molar-refractivity contribution in [3.63, 3.8) is 0 Å². The zero-order valence-electron chi connectivity index (χ0n) is 9.94. The Morgan fingerprint density at radius 3 is 3.17 bits per heavy atom. The highest BCUT2D eigenvalue weighted by molar-refractivity contribution is 7.12. The molecule has 1 aliphatic carbocycles. The lowest BCUT2D eigenvalue weighted by Gasteiger charge is -2.21. The highest BCUT2D eigenvalue weighted by Crippen LogP contribution is 2.40. The van der Waals surface area contributed by atoms with E-state index < -0.39 is 0 Å². The number of rotatable bonds is 1. The molecule has 1 unspecified atom stereocenters. The fourth-order valence-electron chi connectivity index (χ4n) is 2.60. The number of thiazole rings is 1. The number of ether oxygens (including phenoxy) is 1. The van der Waals surface area contributed by atoms with Gasteiger partial charge in [0.05, 0.1) is 24.9 Å². The van der Waals surface area contributed by atoms with E-state index >= 15 is 0 Å². The summed E-state index contributed by atoms with van der Waals surface area (Å²) in [5.41, 5.74) is 2.59. The van der Waals surface area contributed by atoms with Crippen molar-refractivity contribution < 1.29 is 4.74 Å². The van der Waals surface area contributed by atoms with Crippen molar-refractivity contribution >= 4 is 22.7 Å². The molecule has 18 heavy (non-hydrogen) atoms. The molecular weight excluding hydrogens is 264 g/mol. The van der Waals surface area contributed by atoms with E-state index in [0.29, 0.717) is 0 Å². The first-order valence-electron chi connectivity index (χ1n) is 6.29. The molecule has 3 nitrogen and oxygen atoms in total. The fourth-order valence-corrected chi connectivity index (χ4v) is 4.61. The number of morpholine rings is 1. The number of aromatic nitrogens is 1. The van der Waals surface area contributed by atoms with Crippen LogP contribution in [0, 0.1) is 0 Å². The van der Waals surface area contributed by atoms with Gasteiger partial charge in [-0.25, -0.2) is 4.98 Å². The van der Waals surface area contributed by atoms with Gasteiger partial charge in [-0.1, -0.05) is 0 Å². The molecule has 1 saturated heterocycles. The van der Waals surface area contributed by atoms with Crippen molar-refractivity contribution in [3.8, 4) is 11.3 Å². The second kappa shape index (κ2) is 4.42. The lowest BCUT2D eigenvalue weighted by atomic mass is 10.0. The van der Waals surface area contributed by atoms with Gasteiger partial charge >= 0.3 is 0 Å². The number of hydrogen-bond acceptors (Lipinski definition) is 5. The molecule has 0 radical (unpaired) electrons. The van der Waals surface area contributed by atoms with Gasteiger partial charge in [-0.3, -0.25) is 0 Å². The van der Waals surface area contributed by atoms with E-state index in [4.69, 9.17) is 9.72 Å². The lowest BCUT2D eigenvalue weighted by molar-refractivity contribution is 0.0768. The van der Waals surface area contributed by atoms with Crippen LogP contribution in [0.2, 0.25) is 0 Å². The molecule has 5 heteroatoms. The molecule has 4 rings (SSSR count). The number of thiophene rings is 1. The predicted octanol–water partition coefficient (Wildman–Crippen LogP) is 2.63. The number of fused-ring (bicyclic) bond motifs is 3. The zero-order valence-corrected chi connectivity index (χ0v) is 11.6. The van der Waals surface area contributed by atoms with E-state index in [9.17, 15) is 0 Å². The third-order valence-electron chi connectivity index (χ3n) is 3.51. The SMILES string of the molecule is c1cc2c(s1)CCc1sc(C3COCCN3)nc1-2. The van der Waals surface area contributed by atoms with Crippen molar-refractivity contribution in [2.75, 3.05) is 19.8 Å². The Hall–Kier alpha value is -0.750. The molecule has 0 bridgehead atoms. The van der Waals surface area contributed by atoms with Crippen LogP contribution in [0.4, 0.5) is 0 Å². The van der Waals surface area contributed by atoms with Crippen LogP contribution in [0.25, 0.3) is 11.3 Å². The topological polar surface area (TPSA) is 34.1 Å². The highest BCUT2D eigenvalue weighted by atomic mass is 32.1. The molecule has 1 atom stereocenters. The summed E-state index contributed by atoms with van der Waals surface area (Å²) < 4.78 is 5.53. The second-order valence-corrected chi connectivity index (χ2v) is 6.78. The van der Waals surface area contributed by atoms with E-state index in [-0.39, 0.29) is 6.04 Å². The average Bonchev–Trinajstić information content (AvgIpc) is 3.05. The minimum Gasteiger partial charge on any atom is -0.378 e. The van der Waals surface area contributed by atoms with E-state index in [1.54, 1.807) is 0 Å². The van der Waals surface area contributed by atoms with Crippen LogP contribution in [0.1, 0.15) is 20.8 Å². The Kier molecular flexibility index (Phi) is 2.73. The summed E-state index contributed by atoms with van der Waals surface area (Å²) in [5, 5.41) is 6.86. The average molecular weight is 278 g/mol. The minimum absolute atomic E-state index is 0.288. The molecule has 0 amide bonds. The van der Waals surface area contributed by atoms with Crippen molar-refractivity contribution in [3.05, 3.63) is 26.2 Å². The molecule has 3 heterocycles. The Bertz CT molecular complexity index is 569. The standard InChI is InChI=1S/C13H14N2OS2/c1-2-11-12(8-3-6-17-10(1)8)15-13(18-11)9-7-16-5-4-14-9/h3,6,9,14H,1-2,4-5,7H2. The molecule has 1 N–H and O–H groups in total. The van der Waals surface area contributed by atoms with Gasteiger partial charge in [0, 0.05) is 21.9 Å². The summed E-state index contributed by atoms with van der Waals surface area (Å²) in [6, 6.07) is 2.50. The maximum atomic E-state index is 5.53. The van der Waals surface area contributed by atoms with E-state index in [1.165, 1.54) is 32.4 Å². The first-order chi connectivity index (χ1) is 8.92. The molecule has 0 saturated carbocycles. The first kappa shape index (κ1) is 11.1. The summed E-state index contributed by atoms with van der Waals surface area (Å²) in [5.74, 6) is 0. The molecule has 1 aliphatic heterocycles. The van der Waals surface area contributed by atoms with Crippen LogP contribution in [-0.4, -0.2) is 24.7 Å². The van der Waals surface area contributed by atoms with Crippen LogP contribution in [0.5, 0.6) is 0 Å². The van der Waals surface area contributed by atoms with Gasteiger partial charge < -0.3 is 10.1 Å². The third-order valence-corrected chi connectivity index (χ3v) is 5.72. The van der Waals surface area contributed by atoms with Crippen molar-refractivity contribution in [2.24, 2.45) is 0 Å². The molecule has 1 fully saturated rings. The van der Waals surface area contributed by atoms with Crippen molar-refractivity contribution in [2.45, 2.75) is 18.9 Å². The smallest absolute Gasteiger partial charge is 0.113 e. The summed E-state index contributed by atoms with van der Waals surface area (Å²) >= 11 is 3.72. The third kappa shape index (κ3) is 1.73. The fraction of sp³-hybridized carbons (Fsp3) is 0.462. The largest absolute Gasteiger partial charge is 0.378 e. The number of nitrogens with one attached hydrogen (secondary N) is 1. The number of aryl methyl sites for hydroxylation is 2. The Labute approximate surface area is 114 Å². The highest BCUT2D eigenvalue weighted by Gasteiger charge is 2.25. The van der Waals surface area contributed by atoms with Crippen LogP contribution >= 0.6 is 22.7 Å². The van der Waals surface area contributed by atoms with Crippen LogP contribution in [-0.2, 0) is 17.6 Å². The van der Waals surface area contributed by atoms with Gasteiger partial charge in [0.2, 0.25) is 0 Å². The molecule has 2 aliphatic rings. The number of hydrogen-bond donors (Lipinski definition) is 1. The molecule has 2 aromatic heterocycles. The summed E-state index contributed by atoms with van der Waals surface area (Å²) in [4.78, 5) is 7.81. The predicted molar refractivity (Wildman–Crippen MR) is 74.4 cm³/mol. The van der Waals surface area contributed by atoms with Gasteiger partial charge in [-0.05, 0) is 24.3 Å². The van der Waals surface area contributed by atoms with E-state index in [2.05, 4.69) is 16.8 Å². The summed E-state index contributed by atoms with van der Waals surface area (Å²) in [7, 11) is 0. The van der Waals surface area contributed by atoms with Crippen LogP contribution in [0.15, 0.2) is 11.4 Å². The number of nitrogens with zero attached hydrogens (tertiary/aromatic N) is 1. The molecule has 94 valence electrons. The van der Waals surface area contributed by atoms with Gasteiger partial charge in [-0.2, -0.15) is 0 Å². The van der Waals surface area contributed by atoms with Gasteiger partial charge in [0.1, 0.15) is 5.01 Å². The zero-order chi connectivity index (χ0) is 11.9. The lowest BCUT2D eigenvalue weighted by Crippen LogP contribution is -2.34. The monoisotopic (exact) mass is 278 g/mol. The van der Waals surface area contributed by atoms with E-state index in [0.717, 1.165) is 26.2 Å². The van der Waals surface area contributed by atoms with Gasteiger partial charge in [0.25, 0.3) is 0 Å². The summed E-state index contributed by atoms with van der Waals surface area (Å²) in [6.45, 7) is 2.50. The van der Waals surface area contributed by atoms with Crippen LogP contribution < -0.4 is 5.32 Å². The molecular formula is C13H14N2OS2. The quantitative estimate of drug-likeness (QED) is 0.871. The Morgan fingerprint density at radius 1 is 1.33 bits per heavy atom. The molecule has 0 aromatic carbocycles. The van der Waals surface area contributed by atoms with Crippen molar-refractivity contribution in [1.29, 1.82) is 0 Å². The maximum absolute atomic E-state index is 5.53. The maximum Gasteiger partial charge on any atom is 0.113 e.